The topological polar surface area (TPSA) is 91.9 Å². The second kappa shape index (κ2) is 7.79. The lowest BCUT2D eigenvalue weighted by Gasteiger charge is -2.06. The quantitative estimate of drug-likeness (QED) is 0.564. The molecule has 0 aromatic carbocycles. The van der Waals surface area contributed by atoms with Gasteiger partial charge >= 0.3 is 0 Å². The van der Waals surface area contributed by atoms with E-state index < -0.39 is 15.0 Å². The Hall–Kier alpha value is -1.08. The average molecular weight is 336 g/mol. The molecule has 0 saturated heterocycles. The number of halogens is 1. The summed E-state index contributed by atoms with van der Waals surface area (Å²) in [4.78, 5) is 11.8. The highest BCUT2D eigenvalue weighted by molar-refractivity contribution is 8.13. The Labute approximate surface area is 130 Å². The van der Waals surface area contributed by atoms with Crippen LogP contribution in [-0.4, -0.2) is 31.1 Å². The fourth-order valence-corrected chi connectivity index (χ4v) is 3.34. The van der Waals surface area contributed by atoms with Crippen molar-refractivity contribution >= 4 is 25.6 Å². The third kappa shape index (κ3) is 5.32. The molecule has 2 N–H and O–H groups in total. The first-order valence-electron chi connectivity index (χ1n) is 7.07. The van der Waals surface area contributed by atoms with E-state index in [0.29, 0.717) is 24.6 Å². The van der Waals surface area contributed by atoms with E-state index in [-0.39, 0.29) is 10.6 Å². The van der Waals surface area contributed by atoms with Gasteiger partial charge < -0.3 is 5.32 Å². The summed E-state index contributed by atoms with van der Waals surface area (Å²) in [7, 11) is 1.38. The average Bonchev–Trinajstić information content (AvgIpc) is 2.81. The maximum absolute atomic E-state index is 12.0. The van der Waals surface area contributed by atoms with Gasteiger partial charge in [0.05, 0.1) is 5.69 Å². The fourth-order valence-electron chi connectivity index (χ4n) is 1.99. The summed E-state index contributed by atoms with van der Waals surface area (Å²) in [5, 5.41) is 9.01. The van der Waals surface area contributed by atoms with Crippen molar-refractivity contribution < 1.29 is 13.2 Å². The van der Waals surface area contributed by atoms with E-state index in [0.717, 1.165) is 19.3 Å². The molecular weight excluding hydrogens is 314 g/mol. The Kier molecular flexibility index (Phi) is 6.67. The summed E-state index contributed by atoms with van der Waals surface area (Å²) < 4.78 is 23.2. The van der Waals surface area contributed by atoms with Gasteiger partial charge in [-0.05, 0) is 18.8 Å². The third-order valence-corrected chi connectivity index (χ3v) is 4.49. The highest BCUT2D eigenvalue weighted by atomic mass is 35.7. The normalized spacial score (nSPS) is 11.9. The molecule has 0 spiro atoms. The predicted octanol–water partition coefficient (Wildman–Crippen LogP) is 2.46. The minimum Gasteiger partial charge on any atom is -0.351 e. The zero-order valence-corrected chi connectivity index (χ0v) is 14.1. The number of aryl methyl sites for hydroxylation is 1. The van der Waals surface area contributed by atoms with Crippen molar-refractivity contribution in [3.63, 3.8) is 0 Å². The maximum atomic E-state index is 12.0. The van der Waals surface area contributed by atoms with Crippen LogP contribution < -0.4 is 5.32 Å². The van der Waals surface area contributed by atoms with Gasteiger partial charge in [0.2, 0.25) is 0 Å². The second-order valence-electron chi connectivity index (χ2n) is 5.32. The molecule has 0 bridgehead atoms. The predicted molar refractivity (Wildman–Crippen MR) is 82.0 cm³/mol. The molecule has 6 nitrogen and oxygen atoms in total. The lowest BCUT2D eigenvalue weighted by Crippen LogP contribution is -2.26. The van der Waals surface area contributed by atoms with Crippen LogP contribution in [0.1, 0.15) is 56.2 Å². The Morgan fingerprint density at radius 2 is 2.05 bits per heavy atom. The van der Waals surface area contributed by atoms with Gasteiger partial charge in [0.1, 0.15) is 4.90 Å². The molecule has 8 heteroatoms. The monoisotopic (exact) mass is 335 g/mol. The summed E-state index contributed by atoms with van der Waals surface area (Å²) in [5.74, 6) is 0.113. The largest absolute Gasteiger partial charge is 0.351 e. The highest BCUT2D eigenvalue weighted by Crippen LogP contribution is 2.22. The maximum Gasteiger partial charge on any atom is 0.273 e. The number of carbonyl (C=O) groups excluding carboxylic acids is 1. The van der Waals surface area contributed by atoms with E-state index in [1.807, 2.05) is 0 Å². The zero-order chi connectivity index (χ0) is 16.0. The Bertz CT molecular complexity index is 581. The van der Waals surface area contributed by atoms with Crippen molar-refractivity contribution in [2.24, 2.45) is 5.92 Å². The Balaban J connectivity index is 2.69. The van der Waals surface area contributed by atoms with Crippen molar-refractivity contribution in [1.29, 1.82) is 0 Å². The van der Waals surface area contributed by atoms with Crippen LogP contribution in [0.15, 0.2) is 4.90 Å². The van der Waals surface area contributed by atoms with E-state index in [1.54, 1.807) is 6.92 Å². The number of hydrogen-bond acceptors (Lipinski definition) is 4. The van der Waals surface area contributed by atoms with Crippen LogP contribution in [0.25, 0.3) is 0 Å². The minimum atomic E-state index is -4.01. The van der Waals surface area contributed by atoms with Crippen molar-refractivity contribution in [3.8, 4) is 0 Å². The Morgan fingerprint density at radius 3 is 2.57 bits per heavy atom. The number of H-pyrrole nitrogens is 1. The fraction of sp³-hybridized carbons (Fsp3) is 0.692. The van der Waals surface area contributed by atoms with E-state index in [1.165, 1.54) is 0 Å². The van der Waals surface area contributed by atoms with Crippen LogP contribution in [0, 0.1) is 5.92 Å². The summed E-state index contributed by atoms with van der Waals surface area (Å²) in [6.07, 6.45) is 3.35. The van der Waals surface area contributed by atoms with Gasteiger partial charge in [0, 0.05) is 17.2 Å². The van der Waals surface area contributed by atoms with Crippen molar-refractivity contribution in [1.82, 2.24) is 15.5 Å². The standard InChI is InChI=1S/C13H22ClN3O3S/c1-4-10-12(21(14,19)20)11(17-16-10)13(18)15-8-6-5-7-9(2)3/h9H,4-8H2,1-3H3,(H,15,18)(H,16,17). The number of amides is 1. The molecule has 0 radical (unpaired) electrons. The van der Waals surface area contributed by atoms with Gasteiger partial charge in [-0.2, -0.15) is 5.10 Å². The van der Waals surface area contributed by atoms with Gasteiger partial charge in [0.15, 0.2) is 5.69 Å². The number of rotatable bonds is 8. The number of nitrogens with one attached hydrogen (secondary N) is 2. The van der Waals surface area contributed by atoms with Crippen LogP contribution in [0.4, 0.5) is 0 Å². The lowest BCUT2D eigenvalue weighted by molar-refractivity contribution is 0.0944. The number of nitrogens with zero attached hydrogens (tertiary/aromatic N) is 1. The lowest BCUT2D eigenvalue weighted by atomic mass is 10.1. The number of aromatic amines is 1. The zero-order valence-electron chi connectivity index (χ0n) is 12.6. The van der Waals surface area contributed by atoms with Gasteiger partial charge in [0.25, 0.3) is 15.0 Å². The molecule has 0 aliphatic carbocycles. The number of hydrogen-bond donors (Lipinski definition) is 2. The first-order valence-corrected chi connectivity index (χ1v) is 9.38. The van der Waals surface area contributed by atoms with Crippen LogP contribution in [0.2, 0.25) is 0 Å². The smallest absolute Gasteiger partial charge is 0.273 e. The first-order chi connectivity index (χ1) is 9.77. The molecule has 1 aromatic rings. The second-order valence-corrected chi connectivity index (χ2v) is 7.82. The molecular formula is C13H22ClN3O3S. The van der Waals surface area contributed by atoms with E-state index in [2.05, 4.69) is 29.4 Å². The Morgan fingerprint density at radius 1 is 1.38 bits per heavy atom. The van der Waals surface area contributed by atoms with Gasteiger partial charge in [-0.15, -0.1) is 0 Å². The van der Waals surface area contributed by atoms with Gasteiger partial charge in [-0.3, -0.25) is 9.89 Å². The van der Waals surface area contributed by atoms with Crippen LogP contribution in [-0.2, 0) is 15.5 Å². The van der Waals surface area contributed by atoms with E-state index >= 15 is 0 Å². The van der Waals surface area contributed by atoms with Crippen molar-refractivity contribution in [2.45, 2.75) is 51.3 Å². The summed E-state index contributed by atoms with van der Waals surface area (Å²) >= 11 is 0. The molecule has 1 aromatic heterocycles. The first kappa shape index (κ1) is 18.0. The summed E-state index contributed by atoms with van der Waals surface area (Å²) in [6, 6.07) is 0. The number of carbonyl (C=O) groups is 1. The van der Waals surface area contributed by atoms with Gasteiger partial charge in [-0.25, -0.2) is 8.42 Å². The molecule has 120 valence electrons. The van der Waals surface area contributed by atoms with E-state index in [9.17, 15) is 13.2 Å². The molecule has 1 rings (SSSR count). The molecule has 21 heavy (non-hydrogen) atoms. The van der Waals surface area contributed by atoms with Crippen LogP contribution in [0.5, 0.6) is 0 Å². The number of unbranched alkanes of at least 4 members (excludes halogenated alkanes) is 1. The van der Waals surface area contributed by atoms with E-state index in [4.69, 9.17) is 10.7 Å². The SMILES string of the molecule is CCc1[nH]nc(C(=O)NCCCCC(C)C)c1S(=O)(=O)Cl. The molecule has 1 amide bonds. The molecule has 0 saturated carbocycles. The van der Waals surface area contributed by atoms with Crippen LogP contribution >= 0.6 is 10.7 Å². The van der Waals surface area contributed by atoms with Gasteiger partial charge in [-0.1, -0.05) is 33.6 Å². The molecule has 1 heterocycles. The molecule has 0 atom stereocenters. The molecule has 0 aliphatic heterocycles. The van der Waals surface area contributed by atoms with Crippen molar-refractivity contribution in [3.05, 3.63) is 11.4 Å². The van der Waals surface area contributed by atoms with Crippen LogP contribution in [0.3, 0.4) is 0 Å². The summed E-state index contributed by atoms with van der Waals surface area (Å²) in [5.41, 5.74) is 0.181. The third-order valence-electron chi connectivity index (χ3n) is 3.10. The summed E-state index contributed by atoms with van der Waals surface area (Å²) in [6.45, 7) is 6.53. The minimum absolute atomic E-state index is 0.161. The molecule has 0 aliphatic rings. The highest BCUT2D eigenvalue weighted by Gasteiger charge is 2.27. The molecule has 0 unspecified atom stereocenters. The molecule has 0 fully saturated rings. The number of aromatic nitrogens is 2. The van der Waals surface area contributed by atoms with Crippen molar-refractivity contribution in [2.75, 3.05) is 6.54 Å².